The number of likely N-dealkylation sites (N-methyl/N-ethyl adjacent to an activating group) is 1. The van der Waals surface area contributed by atoms with Gasteiger partial charge in [0.1, 0.15) is 0 Å². The second kappa shape index (κ2) is 6.03. The summed E-state index contributed by atoms with van der Waals surface area (Å²) >= 11 is 0. The van der Waals surface area contributed by atoms with E-state index in [0.29, 0.717) is 13.1 Å². The Labute approximate surface area is 82.8 Å². The Morgan fingerprint density at radius 1 is 1.50 bits per heavy atom. The second-order valence-corrected chi connectivity index (χ2v) is 3.33. The second-order valence-electron chi connectivity index (χ2n) is 3.33. The van der Waals surface area contributed by atoms with Crippen molar-refractivity contribution in [3.8, 4) is 0 Å². The minimum atomic E-state index is -4.12. The molecule has 0 rings (SSSR count). The molecule has 84 valence electrons. The first-order valence-corrected chi connectivity index (χ1v) is 4.45. The first kappa shape index (κ1) is 13.4. The van der Waals surface area contributed by atoms with Gasteiger partial charge in [-0.25, -0.2) is 0 Å². The van der Waals surface area contributed by atoms with Gasteiger partial charge >= 0.3 is 6.18 Å². The van der Waals surface area contributed by atoms with Gasteiger partial charge in [-0.3, -0.25) is 4.90 Å². The number of halogens is 3. The van der Waals surface area contributed by atoms with E-state index >= 15 is 0 Å². The molecule has 0 aliphatic rings. The van der Waals surface area contributed by atoms with Crippen molar-refractivity contribution in [2.24, 2.45) is 0 Å². The lowest BCUT2D eigenvalue weighted by atomic mass is 10.3. The predicted molar refractivity (Wildman–Crippen MR) is 51.2 cm³/mol. The average molecular weight is 210 g/mol. The minimum Gasteiger partial charge on any atom is -0.312 e. The quantitative estimate of drug-likeness (QED) is 0.529. The molecule has 0 aliphatic heterocycles. The molecule has 5 heteroatoms. The third-order valence-electron chi connectivity index (χ3n) is 1.91. The fourth-order valence-electron chi connectivity index (χ4n) is 0.989. The molecular weight excluding hydrogens is 193 g/mol. The van der Waals surface area contributed by atoms with Crippen LogP contribution in [0, 0.1) is 0 Å². The maximum Gasteiger partial charge on any atom is 0.401 e. The summed E-state index contributed by atoms with van der Waals surface area (Å²) in [4.78, 5) is 1.27. The molecule has 1 unspecified atom stereocenters. The number of alkyl halides is 3. The average Bonchev–Trinajstić information content (AvgIpc) is 2.01. The first-order chi connectivity index (χ1) is 6.37. The van der Waals surface area contributed by atoms with Gasteiger partial charge in [-0.15, -0.1) is 6.58 Å². The number of hydrogen-bond donors (Lipinski definition) is 1. The van der Waals surface area contributed by atoms with Crippen LogP contribution in [0.2, 0.25) is 0 Å². The van der Waals surface area contributed by atoms with Gasteiger partial charge in [-0.2, -0.15) is 13.2 Å². The Kier molecular flexibility index (Phi) is 5.79. The number of nitrogens with one attached hydrogen (secondary N) is 1. The van der Waals surface area contributed by atoms with Gasteiger partial charge < -0.3 is 5.32 Å². The highest BCUT2D eigenvalue weighted by Gasteiger charge is 2.30. The van der Waals surface area contributed by atoms with E-state index in [1.165, 1.54) is 11.9 Å². The van der Waals surface area contributed by atoms with Crippen LogP contribution >= 0.6 is 0 Å². The summed E-state index contributed by atoms with van der Waals surface area (Å²) in [6, 6.07) is -0.142. The van der Waals surface area contributed by atoms with E-state index in [9.17, 15) is 13.2 Å². The Hall–Kier alpha value is -0.550. The zero-order valence-electron chi connectivity index (χ0n) is 8.56. The summed E-state index contributed by atoms with van der Waals surface area (Å²) in [7, 11) is 1.47. The molecule has 0 fully saturated rings. The SMILES string of the molecule is C=CCNCC(C)N(C)CC(F)(F)F. The van der Waals surface area contributed by atoms with Crippen molar-refractivity contribution in [3.05, 3.63) is 12.7 Å². The monoisotopic (exact) mass is 210 g/mol. The summed E-state index contributed by atoms with van der Waals surface area (Å²) in [5, 5.41) is 2.97. The fraction of sp³-hybridized carbons (Fsp3) is 0.778. The van der Waals surface area contributed by atoms with Crippen molar-refractivity contribution >= 4 is 0 Å². The van der Waals surface area contributed by atoms with Crippen LogP contribution in [0.4, 0.5) is 13.2 Å². The van der Waals surface area contributed by atoms with Gasteiger partial charge in [0.15, 0.2) is 0 Å². The molecule has 0 saturated heterocycles. The summed E-state index contributed by atoms with van der Waals surface area (Å²) in [5.74, 6) is 0. The van der Waals surface area contributed by atoms with E-state index in [4.69, 9.17) is 0 Å². The van der Waals surface area contributed by atoms with E-state index in [2.05, 4.69) is 11.9 Å². The van der Waals surface area contributed by atoms with Crippen molar-refractivity contribution in [2.75, 3.05) is 26.7 Å². The maximum atomic E-state index is 12.0. The van der Waals surface area contributed by atoms with E-state index in [-0.39, 0.29) is 6.04 Å². The molecule has 0 radical (unpaired) electrons. The number of hydrogen-bond acceptors (Lipinski definition) is 2. The highest BCUT2D eigenvalue weighted by molar-refractivity contribution is 4.74. The molecule has 1 atom stereocenters. The predicted octanol–water partition coefficient (Wildman–Crippen LogP) is 1.64. The molecule has 14 heavy (non-hydrogen) atoms. The highest BCUT2D eigenvalue weighted by Crippen LogP contribution is 2.16. The van der Waals surface area contributed by atoms with Crippen molar-refractivity contribution in [1.29, 1.82) is 0 Å². The molecular formula is C9H17F3N2. The molecule has 0 amide bonds. The van der Waals surface area contributed by atoms with Gasteiger partial charge in [-0.05, 0) is 14.0 Å². The first-order valence-electron chi connectivity index (χ1n) is 4.45. The number of rotatable bonds is 6. The lowest BCUT2D eigenvalue weighted by molar-refractivity contribution is -0.146. The van der Waals surface area contributed by atoms with E-state index in [1.807, 2.05) is 0 Å². The highest BCUT2D eigenvalue weighted by atomic mass is 19.4. The Morgan fingerprint density at radius 3 is 2.50 bits per heavy atom. The number of nitrogens with zero attached hydrogens (tertiary/aromatic N) is 1. The van der Waals surface area contributed by atoms with Crippen LogP contribution in [0.15, 0.2) is 12.7 Å². The summed E-state index contributed by atoms with van der Waals surface area (Å²) in [6.07, 6.45) is -2.45. The standard InChI is InChI=1S/C9H17F3N2/c1-4-5-13-6-8(2)14(3)7-9(10,11)12/h4,8,13H,1,5-7H2,2-3H3. The van der Waals surface area contributed by atoms with Gasteiger partial charge in [0.05, 0.1) is 6.54 Å². The Balaban J connectivity index is 3.75. The van der Waals surface area contributed by atoms with Crippen molar-refractivity contribution in [3.63, 3.8) is 0 Å². The largest absolute Gasteiger partial charge is 0.401 e. The summed E-state index contributed by atoms with van der Waals surface area (Å²) < 4.78 is 35.9. The smallest absolute Gasteiger partial charge is 0.312 e. The molecule has 0 aromatic heterocycles. The topological polar surface area (TPSA) is 15.3 Å². The molecule has 1 N–H and O–H groups in total. The van der Waals surface area contributed by atoms with Crippen molar-refractivity contribution in [1.82, 2.24) is 10.2 Å². The lowest BCUT2D eigenvalue weighted by Gasteiger charge is -2.25. The van der Waals surface area contributed by atoms with Crippen LogP contribution in [0.1, 0.15) is 6.92 Å². The summed E-state index contributed by atoms with van der Waals surface area (Å²) in [6.45, 7) is 5.53. The van der Waals surface area contributed by atoms with Crippen LogP contribution in [0.5, 0.6) is 0 Å². The molecule has 0 bridgehead atoms. The van der Waals surface area contributed by atoms with E-state index in [0.717, 1.165) is 0 Å². The fourth-order valence-corrected chi connectivity index (χ4v) is 0.989. The van der Waals surface area contributed by atoms with Crippen LogP contribution in [0.25, 0.3) is 0 Å². The molecule has 0 aromatic rings. The van der Waals surface area contributed by atoms with Crippen molar-refractivity contribution < 1.29 is 13.2 Å². The van der Waals surface area contributed by atoms with Gasteiger partial charge in [0, 0.05) is 19.1 Å². The molecule has 0 aromatic carbocycles. The third kappa shape index (κ3) is 6.91. The van der Waals surface area contributed by atoms with Crippen LogP contribution in [-0.2, 0) is 0 Å². The van der Waals surface area contributed by atoms with E-state index < -0.39 is 12.7 Å². The van der Waals surface area contributed by atoms with Gasteiger partial charge in [0.2, 0.25) is 0 Å². The lowest BCUT2D eigenvalue weighted by Crippen LogP contribution is -2.42. The van der Waals surface area contributed by atoms with Crippen molar-refractivity contribution in [2.45, 2.75) is 19.1 Å². The zero-order chi connectivity index (χ0) is 11.2. The zero-order valence-corrected chi connectivity index (χ0v) is 8.56. The maximum absolute atomic E-state index is 12.0. The normalized spacial score (nSPS) is 14.4. The van der Waals surface area contributed by atoms with Gasteiger partial charge in [0.25, 0.3) is 0 Å². The third-order valence-corrected chi connectivity index (χ3v) is 1.91. The van der Waals surface area contributed by atoms with E-state index in [1.54, 1.807) is 13.0 Å². The van der Waals surface area contributed by atoms with Gasteiger partial charge in [-0.1, -0.05) is 6.08 Å². The molecule has 0 heterocycles. The molecule has 0 saturated carbocycles. The minimum absolute atomic E-state index is 0.142. The molecule has 2 nitrogen and oxygen atoms in total. The summed E-state index contributed by atoms with van der Waals surface area (Å²) in [5.41, 5.74) is 0. The van der Waals surface area contributed by atoms with Crippen LogP contribution in [-0.4, -0.2) is 43.8 Å². The van der Waals surface area contributed by atoms with Crippen LogP contribution < -0.4 is 5.32 Å². The Morgan fingerprint density at radius 2 is 2.07 bits per heavy atom. The van der Waals surface area contributed by atoms with Crippen LogP contribution in [0.3, 0.4) is 0 Å². The molecule has 0 aliphatic carbocycles. The molecule has 0 spiro atoms. The Bertz CT molecular complexity index is 168.